The van der Waals surface area contributed by atoms with Crippen LogP contribution in [-0.4, -0.2) is 29.5 Å². The van der Waals surface area contributed by atoms with Crippen molar-refractivity contribution in [1.29, 1.82) is 0 Å². The Labute approximate surface area is 186 Å². The monoisotopic (exact) mass is 448 g/mol. The maximum absolute atomic E-state index is 12.9. The maximum atomic E-state index is 12.9. The predicted octanol–water partition coefficient (Wildman–Crippen LogP) is 4.06. The van der Waals surface area contributed by atoms with Gasteiger partial charge in [-0.2, -0.15) is 5.10 Å². The number of fused-ring (bicyclic) bond motifs is 1. The maximum Gasteiger partial charge on any atom is 0.253 e. The molecular weight excluding hydrogens is 424 g/mol. The van der Waals surface area contributed by atoms with Crippen LogP contribution in [0, 0.1) is 0 Å². The van der Waals surface area contributed by atoms with Crippen LogP contribution in [0.5, 0.6) is 0 Å². The second kappa shape index (κ2) is 9.32. The van der Waals surface area contributed by atoms with E-state index in [1.165, 1.54) is 6.20 Å². The van der Waals surface area contributed by atoms with E-state index in [2.05, 4.69) is 27.4 Å². The highest BCUT2D eigenvalue weighted by atomic mass is 32.2. The van der Waals surface area contributed by atoms with Crippen LogP contribution in [0.2, 0.25) is 0 Å². The molecule has 0 aliphatic heterocycles. The molecule has 2 aromatic heterocycles. The summed E-state index contributed by atoms with van der Waals surface area (Å²) in [4.78, 5) is 17.1. The average molecular weight is 449 g/mol. The number of unbranched alkanes of at least 4 members (excludes halogenated alkanes) is 1. The molecule has 0 atom stereocenters. The summed E-state index contributed by atoms with van der Waals surface area (Å²) in [7, 11) is -3.59. The van der Waals surface area contributed by atoms with E-state index < -0.39 is 9.84 Å². The third-order valence-corrected chi connectivity index (χ3v) is 7.08. The number of sulfone groups is 1. The van der Waals surface area contributed by atoms with Crippen LogP contribution in [0.3, 0.4) is 0 Å². The lowest BCUT2D eigenvalue weighted by molar-refractivity contribution is 0.0950. The first kappa shape index (κ1) is 21.7. The van der Waals surface area contributed by atoms with E-state index in [-0.39, 0.29) is 22.2 Å². The van der Waals surface area contributed by atoms with E-state index in [0.717, 1.165) is 35.8 Å². The second-order valence-corrected chi connectivity index (χ2v) is 9.56. The standard InChI is InChI=1S/C24H24N4O3S/c1-2-3-4-17-5-9-21(10-6-17)32(30,31)22-11-7-18(8-12-22)14-26-24(29)20-13-19-16-27-28-23(19)25-15-20/h5-13,15-16H,2-4,14H2,1H3,(H,26,29)(H,25,27,28). The Morgan fingerprint density at radius 1 is 0.969 bits per heavy atom. The lowest BCUT2D eigenvalue weighted by Gasteiger charge is -2.08. The molecule has 4 rings (SSSR count). The molecule has 0 fully saturated rings. The Morgan fingerprint density at radius 3 is 2.28 bits per heavy atom. The molecule has 2 heterocycles. The lowest BCUT2D eigenvalue weighted by atomic mass is 10.1. The van der Waals surface area contributed by atoms with Crippen molar-refractivity contribution in [3.8, 4) is 0 Å². The molecule has 8 heteroatoms. The van der Waals surface area contributed by atoms with Gasteiger partial charge in [-0.05, 0) is 54.3 Å². The van der Waals surface area contributed by atoms with Crippen molar-refractivity contribution >= 4 is 26.8 Å². The molecule has 2 aromatic carbocycles. The molecule has 0 unspecified atom stereocenters. The second-order valence-electron chi connectivity index (χ2n) is 7.61. The first-order chi connectivity index (χ1) is 15.5. The van der Waals surface area contributed by atoms with Crippen molar-refractivity contribution in [2.75, 3.05) is 0 Å². The number of aromatic nitrogens is 3. The summed E-state index contributed by atoms with van der Waals surface area (Å²) in [5, 5.41) is 10.2. The Hall–Kier alpha value is -3.52. The minimum Gasteiger partial charge on any atom is -0.348 e. The summed E-state index contributed by atoms with van der Waals surface area (Å²) in [5.41, 5.74) is 2.98. The number of pyridine rings is 1. The van der Waals surface area contributed by atoms with Crippen LogP contribution >= 0.6 is 0 Å². The van der Waals surface area contributed by atoms with Gasteiger partial charge in [-0.1, -0.05) is 37.6 Å². The van der Waals surface area contributed by atoms with Gasteiger partial charge in [0.15, 0.2) is 5.65 Å². The van der Waals surface area contributed by atoms with Gasteiger partial charge in [-0.3, -0.25) is 9.89 Å². The molecule has 0 radical (unpaired) electrons. The molecule has 32 heavy (non-hydrogen) atoms. The number of rotatable bonds is 8. The first-order valence-electron chi connectivity index (χ1n) is 10.5. The zero-order valence-electron chi connectivity index (χ0n) is 17.7. The quantitative estimate of drug-likeness (QED) is 0.423. The van der Waals surface area contributed by atoms with Crippen molar-refractivity contribution < 1.29 is 13.2 Å². The molecule has 0 bridgehead atoms. The smallest absolute Gasteiger partial charge is 0.253 e. The summed E-state index contributed by atoms with van der Waals surface area (Å²) in [6.45, 7) is 2.40. The zero-order valence-corrected chi connectivity index (χ0v) is 18.5. The van der Waals surface area contributed by atoms with E-state index in [4.69, 9.17) is 0 Å². The number of carbonyl (C=O) groups excluding carboxylic acids is 1. The molecule has 0 aliphatic rings. The highest BCUT2D eigenvalue weighted by Crippen LogP contribution is 2.22. The number of nitrogens with one attached hydrogen (secondary N) is 2. The molecule has 7 nitrogen and oxygen atoms in total. The first-order valence-corrected chi connectivity index (χ1v) is 12.0. The summed E-state index contributed by atoms with van der Waals surface area (Å²) < 4.78 is 25.8. The molecule has 164 valence electrons. The fraction of sp³-hybridized carbons (Fsp3) is 0.208. The van der Waals surface area contributed by atoms with Crippen LogP contribution in [0.25, 0.3) is 11.0 Å². The number of hydrogen-bond donors (Lipinski definition) is 2. The number of aromatic amines is 1. The number of carbonyl (C=O) groups is 1. The van der Waals surface area contributed by atoms with Gasteiger partial charge >= 0.3 is 0 Å². The van der Waals surface area contributed by atoms with Gasteiger partial charge in [0.05, 0.1) is 21.6 Å². The predicted molar refractivity (Wildman–Crippen MR) is 122 cm³/mol. The van der Waals surface area contributed by atoms with Gasteiger partial charge < -0.3 is 5.32 Å². The summed E-state index contributed by atoms with van der Waals surface area (Å²) in [5.74, 6) is -0.263. The van der Waals surface area contributed by atoms with Gasteiger partial charge in [0.2, 0.25) is 9.84 Å². The van der Waals surface area contributed by atoms with Gasteiger partial charge in [0.1, 0.15) is 0 Å². The topological polar surface area (TPSA) is 105 Å². The average Bonchev–Trinajstić information content (AvgIpc) is 3.30. The van der Waals surface area contributed by atoms with E-state index in [1.807, 2.05) is 12.1 Å². The van der Waals surface area contributed by atoms with Gasteiger partial charge in [0, 0.05) is 18.1 Å². The Bertz CT molecular complexity index is 1330. The lowest BCUT2D eigenvalue weighted by Crippen LogP contribution is -2.22. The molecule has 0 aliphatic carbocycles. The van der Waals surface area contributed by atoms with Gasteiger partial charge in [0.25, 0.3) is 5.91 Å². The molecule has 0 spiro atoms. The van der Waals surface area contributed by atoms with E-state index in [0.29, 0.717) is 11.2 Å². The van der Waals surface area contributed by atoms with Crippen molar-refractivity contribution in [2.45, 2.75) is 42.5 Å². The number of H-pyrrole nitrogens is 1. The van der Waals surface area contributed by atoms with Gasteiger partial charge in [-0.15, -0.1) is 0 Å². The van der Waals surface area contributed by atoms with E-state index in [1.54, 1.807) is 48.7 Å². The van der Waals surface area contributed by atoms with Crippen molar-refractivity contribution in [3.05, 3.63) is 83.7 Å². The minimum atomic E-state index is -3.59. The largest absolute Gasteiger partial charge is 0.348 e. The highest BCUT2D eigenvalue weighted by Gasteiger charge is 2.17. The Kier molecular flexibility index (Phi) is 6.32. The van der Waals surface area contributed by atoms with E-state index in [9.17, 15) is 13.2 Å². The Balaban J connectivity index is 1.41. The van der Waals surface area contributed by atoms with Gasteiger partial charge in [-0.25, -0.2) is 13.4 Å². The normalized spacial score (nSPS) is 11.5. The number of nitrogens with zero attached hydrogens (tertiary/aromatic N) is 2. The molecule has 4 aromatic rings. The molecule has 1 amide bonds. The SMILES string of the molecule is CCCCc1ccc(S(=O)(=O)c2ccc(CNC(=O)c3cnc4[nH]ncc4c3)cc2)cc1. The summed E-state index contributed by atoms with van der Waals surface area (Å²) in [6.07, 6.45) is 6.22. The minimum absolute atomic E-state index is 0.225. The molecule has 0 saturated heterocycles. The van der Waals surface area contributed by atoms with Crippen LogP contribution in [-0.2, 0) is 22.8 Å². The van der Waals surface area contributed by atoms with Crippen molar-refractivity contribution in [3.63, 3.8) is 0 Å². The summed E-state index contributed by atoms with van der Waals surface area (Å²) in [6, 6.07) is 15.4. The molecule has 2 N–H and O–H groups in total. The molecule has 0 saturated carbocycles. The summed E-state index contributed by atoms with van der Waals surface area (Å²) >= 11 is 0. The number of amides is 1. The number of aryl methyl sites for hydroxylation is 1. The van der Waals surface area contributed by atoms with Crippen LogP contribution < -0.4 is 5.32 Å². The molecular formula is C24H24N4O3S. The van der Waals surface area contributed by atoms with Crippen LogP contribution in [0.1, 0.15) is 41.3 Å². The van der Waals surface area contributed by atoms with E-state index >= 15 is 0 Å². The van der Waals surface area contributed by atoms with Crippen molar-refractivity contribution in [2.24, 2.45) is 0 Å². The third-order valence-electron chi connectivity index (χ3n) is 5.29. The van der Waals surface area contributed by atoms with Crippen LogP contribution in [0.15, 0.2) is 76.8 Å². The zero-order chi connectivity index (χ0) is 22.6. The van der Waals surface area contributed by atoms with Crippen LogP contribution in [0.4, 0.5) is 0 Å². The Morgan fingerprint density at radius 2 is 1.62 bits per heavy atom. The fourth-order valence-corrected chi connectivity index (χ4v) is 4.64. The fourth-order valence-electron chi connectivity index (χ4n) is 3.38. The number of hydrogen-bond acceptors (Lipinski definition) is 5. The third kappa shape index (κ3) is 4.70. The van der Waals surface area contributed by atoms with Crippen molar-refractivity contribution in [1.82, 2.24) is 20.5 Å². The highest BCUT2D eigenvalue weighted by molar-refractivity contribution is 7.91. The number of benzene rings is 2.